The van der Waals surface area contributed by atoms with Crippen molar-refractivity contribution < 1.29 is 14.3 Å². The summed E-state index contributed by atoms with van der Waals surface area (Å²) in [7, 11) is 0. The van der Waals surface area contributed by atoms with Crippen LogP contribution in [0.4, 0.5) is 11.4 Å². The Balaban J connectivity index is 1.75. The molecule has 1 fully saturated rings. The molecule has 0 atom stereocenters. The van der Waals surface area contributed by atoms with Gasteiger partial charge in [0.2, 0.25) is 11.8 Å². The van der Waals surface area contributed by atoms with Crippen molar-refractivity contribution in [2.24, 2.45) is 0 Å². The summed E-state index contributed by atoms with van der Waals surface area (Å²) in [6.07, 6.45) is 0.928. The Labute approximate surface area is 128 Å². The lowest BCUT2D eigenvalue weighted by atomic mass is 10.2. The second kappa shape index (κ2) is 7.28. The largest absolute Gasteiger partial charge is 0.397 e. The van der Waals surface area contributed by atoms with Crippen molar-refractivity contribution in [2.45, 2.75) is 12.8 Å². The average Bonchev–Trinajstić information content (AvgIpc) is 2.44. The summed E-state index contributed by atoms with van der Waals surface area (Å²) in [5.41, 5.74) is 6.75. The molecule has 1 heterocycles. The van der Waals surface area contributed by atoms with Crippen LogP contribution in [0, 0.1) is 0 Å². The molecule has 1 aromatic carbocycles. The monoisotopic (exact) mass is 311 g/mol. The number of halogens is 1. The number of rotatable bonds is 5. The quantitative estimate of drug-likeness (QED) is 0.807. The van der Waals surface area contributed by atoms with Crippen LogP contribution in [-0.4, -0.2) is 43.0 Å². The molecular weight excluding hydrogens is 294 g/mol. The van der Waals surface area contributed by atoms with Gasteiger partial charge in [-0.05, 0) is 24.6 Å². The van der Waals surface area contributed by atoms with Gasteiger partial charge in [-0.1, -0.05) is 11.6 Å². The Morgan fingerprint density at radius 1 is 1.48 bits per heavy atom. The molecule has 0 radical (unpaired) electrons. The zero-order valence-corrected chi connectivity index (χ0v) is 12.4. The lowest BCUT2D eigenvalue weighted by molar-refractivity contribution is -0.142. The first-order chi connectivity index (χ1) is 10.1. The maximum Gasteiger partial charge on any atom is 0.248 e. The lowest BCUT2D eigenvalue weighted by Crippen LogP contribution is -2.42. The van der Waals surface area contributed by atoms with Gasteiger partial charge in [0.1, 0.15) is 6.61 Å². The number of nitrogens with zero attached hydrogens (tertiary/aromatic N) is 1. The summed E-state index contributed by atoms with van der Waals surface area (Å²) in [5.74, 6) is -0.159. The molecule has 7 heteroatoms. The van der Waals surface area contributed by atoms with E-state index in [9.17, 15) is 9.59 Å². The summed E-state index contributed by atoms with van der Waals surface area (Å²) in [6.45, 7) is 1.84. The minimum Gasteiger partial charge on any atom is -0.397 e. The van der Waals surface area contributed by atoms with Crippen LogP contribution in [0.5, 0.6) is 0 Å². The van der Waals surface area contributed by atoms with Gasteiger partial charge in [0, 0.05) is 24.5 Å². The van der Waals surface area contributed by atoms with E-state index in [1.807, 2.05) is 0 Å². The van der Waals surface area contributed by atoms with Crippen LogP contribution in [0.2, 0.25) is 5.02 Å². The van der Waals surface area contributed by atoms with Crippen LogP contribution in [0.3, 0.4) is 0 Å². The highest BCUT2D eigenvalue weighted by Crippen LogP contribution is 2.22. The third-order valence-electron chi connectivity index (χ3n) is 3.20. The van der Waals surface area contributed by atoms with E-state index in [1.54, 1.807) is 23.1 Å². The van der Waals surface area contributed by atoms with Crippen molar-refractivity contribution in [1.29, 1.82) is 0 Å². The number of morpholine rings is 1. The standard InChI is InChI=1S/C14H18ClN3O3/c15-10-3-4-12(11(16)8-10)17-13(19)2-1-5-18-6-7-21-9-14(18)20/h3-4,8H,1-2,5-7,9,16H2,(H,17,19). The van der Waals surface area contributed by atoms with E-state index >= 15 is 0 Å². The zero-order valence-electron chi connectivity index (χ0n) is 11.6. The third-order valence-corrected chi connectivity index (χ3v) is 3.44. The topological polar surface area (TPSA) is 84.7 Å². The zero-order chi connectivity index (χ0) is 15.2. The normalized spacial score (nSPS) is 15.1. The van der Waals surface area contributed by atoms with Crippen LogP contribution in [0.1, 0.15) is 12.8 Å². The fourth-order valence-corrected chi connectivity index (χ4v) is 2.26. The summed E-state index contributed by atoms with van der Waals surface area (Å²) in [5, 5.41) is 3.26. The molecule has 1 saturated heterocycles. The van der Waals surface area contributed by atoms with Crippen molar-refractivity contribution in [3.05, 3.63) is 23.2 Å². The number of carbonyl (C=O) groups excluding carboxylic acids is 2. The summed E-state index contributed by atoms with van der Waals surface area (Å²) in [4.78, 5) is 25.1. The van der Waals surface area contributed by atoms with Gasteiger partial charge in [0.05, 0.1) is 18.0 Å². The molecule has 21 heavy (non-hydrogen) atoms. The molecule has 0 aromatic heterocycles. The molecule has 0 spiro atoms. The molecule has 6 nitrogen and oxygen atoms in total. The van der Waals surface area contributed by atoms with E-state index in [0.717, 1.165) is 0 Å². The van der Waals surface area contributed by atoms with Gasteiger partial charge in [0.25, 0.3) is 0 Å². The lowest BCUT2D eigenvalue weighted by Gasteiger charge is -2.26. The fourth-order valence-electron chi connectivity index (χ4n) is 2.08. The second-order valence-corrected chi connectivity index (χ2v) is 5.25. The van der Waals surface area contributed by atoms with Crippen molar-refractivity contribution in [3.8, 4) is 0 Å². The van der Waals surface area contributed by atoms with E-state index in [0.29, 0.717) is 48.9 Å². The number of carbonyl (C=O) groups is 2. The van der Waals surface area contributed by atoms with E-state index in [-0.39, 0.29) is 18.4 Å². The molecule has 2 amide bonds. The first kappa shape index (κ1) is 15.6. The molecule has 3 N–H and O–H groups in total. The molecule has 114 valence electrons. The Hall–Kier alpha value is -1.79. The highest BCUT2D eigenvalue weighted by atomic mass is 35.5. The minimum atomic E-state index is -0.135. The predicted octanol–water partition coefficient (Wildman–Crippen LogP) is 1.50. The molecular formula is C14H18ClN3O3. The van der Waals surface area contributed by atoms with Crippen LogP contribution < -0.4 is 11.1 Å². The minimum absolute atomic E-state index is 0.0244. The van der Waals surface area contributed by atoms with Crippen molar-refractivity contribution >= 4 is 34.8 Å². The van der Waals surface area contributed by atoms with Crippen LogP contribution in [0.15, 0.2) is 18.2 Å². The van der Waals surface area contributed by atoms with E-state index in [2.05, 4.69) is 5.32 Å². The van der Waals surface area contributed by atoms with Crippen molar-refractivity contribution in [1.82, 2.24) is 4.90 Å². The van der Waals surface area contributed by atoms with E-state index in [1.165, 1.54) is 0 Å². The first-order valence-electron chi connectivity index (χ1n) is 6.76. The highest BCUT2D eigenvalue weighted by Gasteiger charge is 2.18. The highest BCUT2D eigenvalue weighted by molar-refractivity contribution is 6.31. The first-order valence-corrected chi connectivity index (χ1v) is 7.14. The SMILES string of the molecule is Nc1cc(Cl)ccc1NC(=O)CCCN1CCOCC1=O. The fraction of sp³-hybridized carbons (Fsp3) is 0.429. The van der Waals surface area contributed by atoms with E-state index < -0.39 is 0 Å². The average molecular weight is 312 g/mol. The Morgan fingerprint density at radius 3 is 3.00 bits per heavy atom. The summed E-state index contributed by atoms with van der Waals surface area (Å²) < 4.78 is 5.05. The number of hydrogen-bond acceptors (Lipinski definition) is 4. The number of ether oxygens (including phenoxy) is 1. The van der Waals surface area contributed by atoms with Gasteiger partial charge in [-0.2, -0.15) is 0 Å². The molecule has 1 aromatic rings. The van der Waals surface area contributed by atoms with Crippen molar-refractivity contribution in [2.75, 3.05) is 37.4 Å². The number of nitrogens with two attached hydrogens (primary N) is 1. The number of nitrogens with one attached hydrogen (secondary N) is 1. The van der Waals surface area contributed by atoms with Crippen molar-refractivity contribution in [3.63, 3.8) is 0 Å². The van der Waals surface area contributed by atoms with Gasteiger partial charge >= 0.3 is 0 Å². The van der Waals surface area contributed by atoms with Gasteiger partial charge in [-0.3, -0.25) is 9.59 Å². The molecule has 1 aliphatic rings. The maximum absolute atomic E-state index is 11.8. The van der Waals surface area contributed by atoms with E-state index in [4.69, 9.17) is 22.1 Å². The molecule has 0 aliphatic carbocycles. The number of amides is 2. The Morgan fingerprint density at radius 2 is 2.29 bits per heavy atom. The van der Waals surface area contributed by atoms with Gasteiger partial charge in [-0.25, -0.2) is 0 Å². The van der Waals surface area contributed by atoms with Gasteiger partial charge in [-0.15, -0.1) is 0 Å². The molecule has 0 saturated carbocycles. The number of nitrogen functional groups attached to an aromatic ring is 1. The third kappa shape index (κ3) is 4.61. The van der Waals surface area contributed by atoms with Crippen LogP contribution >= 0.6 is 11.6 Å². The van der Waals surface area contributed by atoms with Crippen LogP contribution in [0.25, 0.3) is 0 Å². The number of hydrogen-bond donors (Lipinski definition) is 2. The number of anilines is 2. The molecule has 0 bridgehead atoms. The Kier molecular flexibility index (Phi) is 5.41. The predicted molar refractivity (Wildman–Crippen MR) is 81.1 cm³/mol. The maximum atomic E-state index is 11.8. The second-order valence-electron chi connectivity index (χ2n) is 4.82. The van der Waals surface area contributed by atoms with Crippen LogP contribution in [-0.2, 0) is 14.3 Å². The van der Waals surface area contributed by atoms with Gasteiger partial charge in [0.15, 0.2) is 0 Å². The smallest absolute Gasteiger partial charge is 0.248 e. The summed E-state index contributed by atoms with van der Waals surface area (Å²) in [6, 6.07) is 4.92. The molecule has 1 aliphatic heterocycles. The van der Waals surface area contributed by atoms with Gasteiger partial charge < -0.3 is 20.7 Å². The molecule has 2 rings (SSSR count). The Bertz CT molecular complexity index is 536. The number of benzene rings is 1. The molecule has 0 unspecified atom stereocenters. The summed E-state index contributed by atoms with van der Waals surface area (Å²) >= 11 is 5.80.